The highest BCUT2D eigenvalue weighted by molar-refractivity contribution is 9.10. The Morgan fingerprint density at radius 1 is 1.41 bits per heavy atom. The Labute approximate surface area is 108 Å². The van der Waals surface area contributed by atoms with Crippen molar-refractivity contribution in [3.63, 3.8) is 0 Å². The normalized spacial score (nSPS) is 10.7. The number of halogens is 2. The van der Waals surface area contributed by atoms with Gasteiger partial charge in [-0.05, 0) is 33.6 Å². The molecule has 2 rings (SSSR count). The molecule has 3 nitrogen and oxygen atoms in total. The summed E-state index contributed by atoms with van der Waals surface area (Å²) in [6.07, 6.45) is 5.45. The number of nitrogens with zero attached hydrogens (tertiary/aromatic N) is 2. The predicted molar refractivity (Wildman–Crippen MR) is 68.0 cm³/mol. The van der Waals surface area contributed by atoms with Crippen LogP contribution in [0.3, 0.4) is 0 Å². The summed E-state index contributed by atoms with van der Waals surface area (Å²) in [5, 5.41) is 3.26. The van der Waals surface area contributed by atoms with E-state index in [1.165, 1.54) is 6.07 Å². The van der Waals surface area contributed by atoms with E-state index in [0.29, 0.717) is 11.0 Å². The van der Waals surface area contributed by atoms with Crippen molar-refractivity contribution in [2.24, 2.45) is 0 Å². The first kappa shape index (κ1) is 12.3. The fraction of sp³-hybridized carbons (Fsp3) is 0.250. The number of aromatic nitrogens is 2. The monoisotopic (exact) mass is 297 g/mol. The minimum Gasteiger partial charge on any atom is -0.336 e. The van der Waals surface area contributed by atoms with Gasteiger partial charge in [-0.3, -0.25) is 0 Å². The lowest BCUT2D eigenvalue weighted by atomic mass is 10.2. The quantitative estimate of drug-likeness (QED) is 0.860. The van der Waals surface area contributed by atoms with Gasteiger partial charge in [-0.15, -0.1) is 0 Å². The average Bonchev–Trinajstić information content (AvgIpc) is 2.82. The molecule has 1 heterocycles. The molecule has 0 saturated heterocycles. The van der Waals surface area contributed by atoms with Crippen LogP contribution in [0.5, 0.6) is 0 Å². The van der Waals surface area contributed by atoms with E-state index in [2.05, 4.69) is 26.2 Å². The fourth-order valence-corrected chi connectivity index (χ4v) is 1.76. The second-order valence-corrected chi connectivity index (χ2v) is 4.58. The Morgan fingerprint density at radius 3 is 3.00 bits per heavy atom. The van der Waals surface area contributed by atoms with Crippen LogP contribution < -0.4 is 5.32 Å². The highest BCUT2D eigenvalue weighted by Crippen LogP contribution is 2.16. The third-order valence-electron chi connectivity index (χ3n) is 2.42. The molecule has 0 amide bonds. The van der Waals surface area contributed by atoms with Gasteiger partial charge in [0.05, 0.1) is 10.8 Å². The van der Waals surface area contributed by atoms with Crippen LogP contribution in [0.4, 0.5) is 4.39 Å². The average molecular weight is 298 g/mol. The third kappa shape index (κ3) is 3.64. The van der Waals surface area contributed by atoms with Crippen LogP contribution in [-0.2, 0) is 13.1 Å². The molecule has 0 radical (unpaired) electrons. The van der Waals surface area contributed by atoms with Crippen LogP contribution in [-0.4, -0.2) is 16.1 Å². The van der Waals surface area contributed by atoms with Crippen LogP contribution in [0.15, 0.2) is 41.4 Å². The van der Waals surface area contributed by atoms with Gasteiger partial charge in [0.2, 0.25) is 0 Å². The largest absolute Gasteiger partial charge is 0.336 e. The molecule has 0 unspecified atom stereocenters. The Kier molecular flexibility index (Phi) is 4.28. The molecular formula is C12H13BrFN3. The van der Waals surface area contributed by atoms with Crippen molar-refractivity contribution >= 4 is 15.9 Å². The molecule has 1 aromatic heterocycles. The molecule has 90 valence electrons. The first-order valence-corrected chi connectivity index (χ1v) is 6.15. The van der Waals surface area contributed by atoms with Gasteiger partial charge in [-0.1, -0.05) is 6.07 Å². The SMILES string of the molecule is Fc1cc(CNCCn2ccnc2)ccc1Br. The van der Waals surface area contributed by atoms with Crippen LogP contribution >= 0.6 is 15.9 Å². The molecule has 1 aromatic carbocycles. The maximum atomic E-state index is 13.2. The van der Waals surface area contributed by atoms with Gasteiger partial charge >= 0.3 is 0 Å². The molecule has 1 N–H and O–H groups in total. The van der Waals surface area contributed by atoms with E-state index < -0.39 is 0 Å². The summed E-state index contributed by atoms with van der Waals surface area (Å²) in [6.45, 7) is 2.35. The first-order valence-electron chi connectivity index (χ1n) is 5.36. The standard InChI is InChI=1S/C12H13BrFN3/c13-11-2-1-10(7-12(11)14)8-15-3-5-17-6-4-16-9-17/h1-2,4,6-7,9,15H,3,5,8H2. The second-order valence-electron chi connectivity index (χ2n) is 3.73. The lowest BCUT2D eigenvalue weighted by Gasteiger charge is -2.06. The summed E-state index contributed by atoms with van der Waals surface area (Å²) in [4.78, 5) is 3.96. The van der Waals surface area contributed by atoms with Gasteiger partial charge in [0.1, 0.15) is 5.82 Å². The summed E-state index contributed by atoms with van der Waals surface area (Å²) >= 11 is 3.13. The molecule has 0 bridgehead atoms. The molecule has 5 heteroatoms. The molecule has 17 heavy (non-hydrogen) atoms. The van der Waals surface area contributed by atoms with Gasteiger partial charge in [0.25, 0.3) is 0 Å². The van der Waals surface area contributed by atoms with E-state index in [0.717, 1.165) is 18.7 Å². The summed E-state index contributed by atoms with van der Waals surface area (Å²) in [7, 11) is 0. The molecule has 2 aromatic rings. The smallest absolute Gasteiger partial charge is 0.137 e. The van der Waals surface area contributed by atoms with Gasteiger partial charge < -0.3 is 9.88 Å². The van der Waals surface area contributed by atoms with Crippen molar-refractivity contribution in [1.29, 1.82) is 0 Å². The number of imidazole rings is 1. The molecule has 0 saturated carbocycles. The maximum absolute atomic E-state index is 13.2. The first-order chi connectivity index (χ1) is 8.25. The second kappa shape index (κ2) is 5.93. The maximum Gasteiger partial charge on any atom is 0.137 e. The highest BCUT2D eigenvalue weighted by atomic mass is 79.9. The Hall–Kier alpha value is -1.20. The lowest BCUT2D eigenvalue weighted by Crippen LogP contribution is -2.19. The van der Waals surface area contributed by atoms with Crippen LogP contribution in [0.25, 0.3) is 0 Å². The van der Waals surface area contributed by atoms with E-state index >= 15 is 0 Å². The topological polar surface area (TPSA) is 29.9 Å². The Bertz CT molecular complexity index is 471. The van der Waals surface area contributed by atoms with E-state index in [1.807, 2.05) is 16.8 Å². The van der Waals surface area contributed by atoms with E-state index in [4.69, 9.17) is 0 Å². The van der Waals surface area contributed by atoms with Gasteiger partial charge in [0.15, 0.2) is 0 Å². The van der Waals surface area contributed by atoms with Crippen molar-refractivity contribution in [2.45, 2.75) is 13.1 Å². The van der Waals surface area contributed by atoms with Gasteiger partial charge in [-0.2, -0.15) is 0 Å². The van der Waals surface area contributed by atoms with Crippen molar-refractivity contribution in [3.8, 4) is 0 Å². The summed E-state index contributed by atoms with van der Waals surface area (Å²) in [6, 6.07) is 5.16. The Balaban J connectivity index is 1.76. The molecule has 0 spiro atoms. The third-order valence-corrected chi connectivity index (χ3v) is 3.06. The number of benzene rings is 1. The van der Waals surface area contributed by atoms with Crippen LogP contribution in [0, 0.1) is 5.82 Å². The lowest BCUT2D eigenvalue weighted by molar-refractivity contribution is 0.589. The summed E-state index contributed by atoms with van der Waals surface area (Å²) < 4.78 is 15.7. The van der Waals surface area contributed by atoms with Crippen LogP contribution in [0.1, 0.15) is 5.56 Å². The van der Waals surface area contributed by atoms with Gasteiger partial charge in [0, 0.05) is 32.0 Å². The summed E-state index contributed by atoms with van der Waals surface area (Å²) in [5.74, 6) is -0.223. The zero-order valence-corrected chi connectivity index (χ0v) is 10.8. The molecule has 0 aliphatic rings. The Morgan fingerprint density at radius 2 is 2.29 bits per heavy atom. The van der Waals surface area contributed by atoms with E-state index in [-0.39, 0.29) is 5.82 Å². The fourth-order valence-electron chi connectivity index (χ4n) is 1.51. The molecule has 0 atom stereocenters. The minimum atomic E-state index is -0.223. The number of hydrogen-bond donors (Lipinski definition) is 1. The number of hydrogen-bond acceptors (Lipinski definition) is 2. The summed E-state index contributed by atoms with van der Waals surface area (Å²) in [5.41, 5.74) is 0.941. The highest BCUT2D eigenvalue weighted by Gasteiger charge is 2.00. The minimum absolute atomic E-state index is 0.223. The predicted octanol–water partition coefficient (Wildman–Crippen LogP) is 2.57. The van der Waals surface area contributed by atoms with Crippen molar-refractivity contribution < 1.29 is 4.39 Å². The molecule has 0 fully saturated rings. The van der Waals surface area contributed by atoms with Crippen molar-refractivity contribution in [3.05, 3.63) is 52.8 Å². The van der Waals surface area contributed by atoms with E-state index in [9.17, 15) is 4.39 Å². The molecule has 0 aliphatic carbocycles. The van der Waals surface area contributed by atoms with Crippen molar-refractivity contribution in [2.75, 3.05) is 6.54 Å². The van der Waals surface area contributed by atoms with E-state index in [1.54, 1.807) is 18.6 Å². The van der Waals surface area contributed by atoms with Crippen LogP contribution in [0.2, 0.25) is 0 Å². The number of rotatable bonds is 5. The molecule has 0 aliphatic heterocycles. The zero-order valence-electron chi connectivity index (χ0n) is 9.24. The van der Waals surface area contributed by atoms with Gasteiger partial charge in [-0.25, -0.2) is 9.37 Å². The molecular weight excluding hydrogens is 285 g/mol. The van der Waals surface area contributed by atoms with Crippen molar-refractivity contribution in [1.82, 2.24) is 14.9 Å². The zero-order chi connectivity index (χ0) is 12.1. The number of nitrogens with one attached hydrogen (secondary N) is 1.